The number of ether oxygens (including phenoxy) is 1. The molecular weight excluding hydrogens is 363 g/mol. The lowest BCUT2D eigenvalue weighted by atomic mass is 10.1. The summed E-state index contributed by atoms with van der Waals surface area (Å²) >= 11 is 11.8. The molecule has 0 fully saturated rings. The largest absolute Gasteiger partial charge is 0.452 e. The summed E-state index contributed by atoms with van der Waals surface area (Å²) in [5.74, 6) is -1.09. The van der Waals surface area contributed by atoms with Crippen molar-refractivity contribution in [3.8, 4) is 0 Å². The number of hydrogen-bond donors (Lipinski definition) is 1. The molecule has 25 heavy (non-hydrogen) atoms. The van der Waals surface area contributed by atoms with Gasteiger partial charge in [-0.15, -0.1) is 0 Å². The minimum Gasteiger partial charge on any atom is -0.452 e. The first-order valence-corrected chi connectivity index (χ1v) is 8.39. The normalized spacial score (nSPS) is 11.7. The van der Waals surface area contributed by atoms with Crippen LogP contribution in [0.15, 0.2) is 30.3 Å². The fourth-order valence-electron chi connectivity index (χ4n) is 2.36. The van der Waals surface area contributed by atoms with Gasteiger partial charge in [-0.05, 0) is 50.1 Å². The first-order chi connectivity index (χ1) is 11.8. The number of pyridine rings is 1. The SMILES string of the molecule is Cc1cc(C)c(C(=O)OCC(=O)N[C@@H](C)c2ccc(Cl)cc2)c(Cl)n1. The van der Waals surface area contributed by atoms with Crippen LogP contribution in [0.1, 0.15) is 40.1 Å². The molecule has 5 nitrogen and oxygen atoms in total. The Morgan fingerprint density at radius 3 is 2.44 bits per heavy atom. The van der Waals surface area contributed by atoms with Gasteiger partial charge in [0, 0.05) is 10.7 Å². The van der Waals surface area contributed by atoms with Gasteiger partial charge in [0.25, 0.3) is 5.91 Å². The van der Waals surface area contributed by atoms with Gasteiger partial charge in [-0.2, -0.15) is 0 Å². The maximum Gasteiger partial charge on any atom is 0.342 e. The molecule has 0 saturated carbocycles. The zero-order valence-electron chi connectivity index (χ0n) is 14.1. The molecule has 1 aromatic carbocycles. The van der Waals surface area contributed by atoms with Gasteiger partial charge in [0.05, 0.1) is 11.6 Å². The van der Waals surface area contributed by atoms with Crippen molar-refractivity contribution in [2.75, 3.05) is 6.61 Å². The molecule has 1 N–H and O–H groups in total. The monoisotopic (exact) mass is 380 g/mol. The molecule has 132 valence electrons. The molecule has 0 aliphatic rings. The van der Waals surface area contributed by atoms with E-state index in [9.17, 15) is 9.59 Å². The number of benzene rings is 1. The van der Waals surface area contributed by atoms with Gasteiger partial charge in [0.1, 0.15) is 5.15 Å². The Bertz CT molecular complexity index is 768. The highest BCUT2D eigenvalue weighted by molar-refractivity contribution is 6.32. The minimum absolute atomic E-state index is 0.0671. The summed E-state index contributed by atoms with van der Waals surface area (Å²) in [6.45, 7) is 4.94. The van der Waals surface area contributed by atoms with E-state index in [4.69, 9.17) is 27.9 Å². The van der Waals surface area contributed by atoms with E-state index >= 15 is 0 Å². The molecule has 0 spiro atoms. The van der Waals surface area contributed by atoms with Crippen molar-refractivity contribution in [3.63, 3.8) is 0 Å². The number of nitrogens with one attached hydrogen (secondary N) is 1. The van der Waals surface area contributed by atoms with Gasteiger partial charge in [0.2, 0.25) is 0 Å². The smallest absolute Gasteiger partial charge is 0.342 e. The summed E-state index contributed by atoms with van der Waals surface area (Å²) in [4.78, 5) is 28.2. The van der Waals surface area contributed by atoms with Crippen LogP contribution in [-0.2, 0) is 9.53 Å². The number of carbonyl (C=O) groups excluding carboxylic acids is 2. The minimum atomic E-state index is -0.677. The van der Waals surface area contributed by atoms with E-state index in [1.807, 2.05) is 19.1 Å². The second kappa shape index (κ2) is 8.32. The van der Waals surface area contributed by atoms with Crippen LogP contribution in [-0.4, -0.2) is 23.5 Å². The number of aromatic nitrogens is 1. The van der Waals surface area contributed by atoms with E-state index in [0.29, 0.717) is 16.3 Å². The van der Waals surface area contributed by atoms with Crippen LogP contribution in [0.2, 0.25) is 10.2 Å². The van der Waals surface area contributed by atoms with E-state index in [2.05, 4.69) is 10.3 Å². The lowest BCUT2D eigenvalue weighted by Gasteiger charge is -2.15. The third-order valence-electron chi connectivity index (χ3n) is 3.59. The fourth-order valence-corrected chi connectivity index (χ4v) is 2.84. The fraction of sp³-hybridized carbons (Fsp3) is 0.278. The highest BCUT2D eigenvalue weighted by atomic mass is 35.5. The van der Waals surface area contributed by atoms with Crippen molar-refractivity contribution in [2.45, 2.75) is 26.8 Å². The second-order valence-corrected chi connectivity index (χ2v) is 6.46. The Labute approximate surface area is 156 Å². The maximum absolute atomic E-state index is 12.2. The Kier molecular flexibility index (Phi) is 6.39. The average molecular weight is 381 g/mol. The lowest BCUT2D eigenvalue weighted by molar-refractivity contribution is -0.124. The predicted octanol–water partition coefficient (Wildman–Crippen LogP) is 4.04. The third kappa shape index (κ3) is 5.18. The number of carbonyl (C=O) groups is 2. The molecule has 0 bridgehead atoms. The first-order valence-electron chi connectivity index (χ1n) is 7.63. The summed E-state index contributed by atoms with van der Waals surface area (Å²) < 4.78 is 5.05. The molecule has 2 aromatic rings. The summed E-state index contributed by atoms with van der Waals surface area (Å²) in [6.07, 6.45) is 0. The highest BCUT2D eigenvalue weighted by Crippen LogP contribution is 2.20. The molecular formula is C18H18Cl2N2O3. The van der Waals surface area contributed by atoms with E-state index in [0.717, 1.165) is 5.56 Å². The quantitative estimate of drug-likeness (QED) is 0.627. The Morgan fingerprint density at radius 2 is 1.84 bits per heavy atom. The zero-order chi connectivity index (χ0) is 18.6. The number of aryl methyl sites for hydroxylation is 2. The summed E-state index contributed by atoms with van der Waals surface area (Å²) in [5.41, 5.74) is 2.42. The first kappa shape index (κ1) is 19.2. The van der Waals surface area contributed by atoms with Gasteiger partial charge in [-0.1, -0.05) is 35.3 Å². The van der Waals surface area contributed by atoms with Crippen LogP contribution in [0.4, 0.5) is 0 Å². The Morgan fingerprint density at radius 1 is 1.20 bits per heavy atom. The maximum atomic E-state index is 12.2. The van der Waals surface area contributed by atoms with Gasteiger partial charge >= 0.3 is 5.97 Å². The van der Waals surface area contributed by atoms with Crippen LogP contribution in [0.5, 0.6) is 0 Å². The Balaban J connectivity index is 1.93. The molecule has 1 amide bonds. The van der Waals surface area contributed by atoms with Crippen LogP contribution < -0.4 is 5.32 Å². The van der Waals surface area contributed by atoms with Gasteiger partial charge in [-0.25, -0.2) is 9.78 Å². The van der Waals surface area contributed by atoms with Crippen molar-refractivity contribution in [1.82, 2.24) is 10.3 Å². The van der Waals surface area contributed by atoms with Crippen LogP contribution >= 0.6 is 23.2 Å². The number of esters is 1. The van der Waals surface area contributed by atoms with Crippen molar-refractivity contribution in [1.29, 1.82) is 0 Å². The van der Waals surface area contributed by atoms with E-state index in [1.165, 1.54) is 0 Å². The average Bonchev–Trinajstić information content (AvgIpc) is 2.52. The molecule has 0 aliphatic carbocycles. The van der Waals surface area contributed by atoms with Crippen molar-refractivity contribution < 1.29 is 14.3 Å². The summed E-state index contributed by atoms with van der Waals surface area (Å²) in [7, 11) is 0. The predicted molar refractivity (Wildman–Crippen MR) is 97.0 cm³/mol. The van der Waals surface area contributed by atoms with E-state index in [-0.39, 0.29) is 16.8 Å². The van der Waals surface area contributed by atoms with Gasteiger partial charge in [-0.3, -0.25) is 4.79 Å². The topological polar surface area (TPSA) is 68.3 Å². The number of rotatable bonds is 5. The number of halogens is 2. The van der Waals surface area contributed by atoms with Crippen molar-refractivity contribution >= 4 is 35.1 Å². The molecule has 7 heteroatoms. The van der Waals surface area contributed by atoms with Gasteiger partial charge in [0.15, 0.2) is 6.61 Å². The van der Waals surface area contributed by atoms with Crippen LogP contribution in [0, 0.1) is 13.8 Å². The van der Waals surface area contributed by atoms with E-state index < -0.39 is 18.5 Å². The lowest BCUT2D eigenvalue weighted by Crippen LogP contribution is -2.31. The number of hydrogen-bond acceptors (Lipinski definition) is 4. The third-order valence-corrected chi connectivity index (χ3v) is 4.11. The van der Waals surface area contributed by atoms with E-state index in [1.54, 1.807) is 32.0 Å². The summed E-state index contributed by atoms with van der Waals surface area (Å²) in [5, 5.41) is 3.44. The zero-order valence-corrected chi connectivity index (χ0v) is 15.6. The van der Waals surface area contributed by atoms with Crippen molar-refractivity contribution in [2.24, 2.45) is 0 Å². The Hall–Kier alpha value is -2.11. The molecule has 1 aromatic heterocycles. The molecule has 0 saturated heterocycles. The molecule has 0 unspecified atom stereocenters. The standard InChI is InChI=1S/C18H18Cl2N2O3/c1-10-8-11(2)21-17(20)16(10)18(24)25-9-15(23)22-12(3)13-4-6-14(19)7-5-13/h4-8,12H,9H2,1-3H3,(H,22,23)/t12-/m0/s1. The van der Waals surface area contributed by atoms with Crippen LogP contribution in [0.25, 0.3) is 0 Å². The highest BCUT2D eigenvalue weighted by Gasteiger charge is 2.18. The molecule has 1 atom stereocenters. The summed E-state index contributed by atoms with van der Waals surface area (Å²) in [6, 6.07) is 8.62. The molecule has 2 rings (SSSR count). The molecule has 1 heterocycles. The number of nitrogens with zero attached hydrogens (tertiary/aromatic N) is 1. The second-order valence-electron chi connectivity index (χ2n) is 5.66. The van der Waals surface area contributed by atoms with Crippen molar-refractivity contribution in [3.05, 3.63) is 62.9 Å². The van der Waals surface area contributed by atoms with Crippen LogP contribution in [0.3, 0.4) is 0 Å². The number of amides is 1. The molecule has 0 radical (unpaired) electrons. The molecule has 0 aliphatic heterocycles. The van der Waals surface area contributed by atoms with Gasteiger partial charge < -0.3 is 10.1 Å².